The van der Waals surface area contributed by atoms with Gasteiger partial charge in [0.15, 0.2) is 5.76 Å². The van der Waals surface area contributed by atoms with Crippen LogP contribution in [0.4, 0.5) is 0 Å². The van der Waals surface area contributed by atoms with Crippen LogP contribution in [0.15, 0.2) is 39.8 Å². The van der Waals surface area contributed by atoms with Crippen LogP contribution in [0.2, 0.25) is 0 Å². The van der Waals surface area contributed by atoms with Crippen molar-refractivity contribution in [2.24, 2.45) is 0 Å². The molecule has 1 N–H and O–H groups in total. The molecule has 26 heavy (non-hydrogen) atoms. The maximum atomic E-state index is 13.0. The second kappa shape index (κ2) is 7.22. The summed E-state index contributed by atoms with van der Waals surface area (Å²) in [4.78, 5) is 1.82. The van der Waals surface area contributed by atoms with Crippen molar-refractivity contribution in [2.45, 2.75) is 32.2 Å². The summed E-state index contributed by atoms with van der Waals surface area (Å²) in [7, 11) is -2.19. The standard InChI is InChI=1S/C18H20N2O4S2/c1-11-9-16(24-20-11)17-12(2)25-13(3)18(17)26(21,22)19-10-14-7-5-6-8-15(14)23-4/h5-9,19H,10H2,1-4H3. The highest BCUT2D eigenvalue weighted by molar-refractivity contribution is 7.89. The van der Waals surface area contributed by atoms with E-state index in [1.165, 1.54) is 11.3 Å². The fourth-order valence-corrected chi connectivity index (χ4v) is 5.72. The van der Waals surface area contributed by atoms with Crippen molar-refractivity contribution in [2.75, 3.05) is 7.11 Å². The first-order valence-corrected chi connectivity index (χ1v) is 10.3. The maximum absolute atomic E-state index is 13.0. The highest BCUT2D eigenvalue weighted by Gasteiger charge is 2.28. The second-order valence-corrected chi connectivity index (χ2v) is 9.02. The average Bonchev–Trinajstić information content (AvgIpc) is 3.15. The van der Waals surface area contributed by atoms with E-state index in [0.717, 1.165) is 10.4 Å². The van der Waals surface area contributed by atoms with Crippen LogP contribution in [0.5, 0.6) is 5.75 Å². The van der Waals surface area contributed by atoms with E-state index in [1.54, 1.807) is 33.1 Å². The Balaban J connectivity index is 1.97. The van der Waals surface area contributed by atoms with E-state index in [0.29, 0.717) is 27.6 Å². The second-order valence-electron chi connectivity index (χ2n) is 5.89. The summed E-state index contributed by atoms with van der Waals surface area (Å²) in [5.41, 5.74) is 2.04. The molecule has 138 valence electrons. The molecule has 0 aliphatic carbocycles. The van der Waals surface area contributed by atoms with Gasteiger partial charge in [0, 0.05) is 27.9 Å². The number of methoxy groups -OCH3 is 1. The van der Waals surface area contributed by atoms with Crippen molar-refractivity contribution in [3.63, 3.8) is 0 Å². The van der Waals surface area contributed by atoms with E-state index < -0.39 is 10.0 Å². The van der Waals surface area contributed by atoms with Crippen molar-refractivity contribution >= 4 is 21.4 Å². The molecule has 6 nitrogen and oxygen atoms in total. The van der Waals surface area contributed by atoms with Gasteiger partial charge in [-0.25, -0.2) is 13.1 Å². The Kier molecular flexibility index (Phi) is 5.17. The Hall–Kier alpha value is -2.16. The van der Waals surface area contributed by atoms with Gasteiger partial charge in [-0.15, -0.1) is 11.3 Å². The van der Waals surface area contributed by atoms with Crippen molar-refractivity contribution in [1.82, 2.24) is 9.88 Å². The van der Waals surface area contributed by atoms with Gasteiger partial charge in [-0.2, -0.15) is 0 Å². The summed E-state index contributed by atoms with van der Waals surface area (Å²) in [6.45, 7) is 5.61. The highest BCUT2D eigenvalue weighted by atomic mass is 32.2. The zero-order valence-electron chi connectivity index (χ0n) is 15.0. The number of benzene rings is 1. The molecule has 0 atom stereocenters. The molecule has 0 saturated carbocycles. The van der Waals surface area contributed by atoms with E-state index in [4.69, 9.17) is 9.26 Å². The summed E-state index contributed by atoms with van der Waals surface area (Å²) in [5.74, 6) is 1.10. The van der Waals surface area contributed by atoms with Gasteiger partial charge >= 0.3 is 0 Å². The van der Waals surface area contributed by atoms with E-state index in [9.17, 15) is 8.42 Å². The number of nitrogens with one attached hydrogen (secondary N) is 1. The molecule has 0 amide bonds. The van der Waals surface area contributed by atoms with Gasteiger partial charge in [-0.3, -0.25) is 0 Å². The minimum atomic E-state index is -3.75. The quantitative estimate of drug-likeness (QED) is 0.690. The molecule has 0 saturated heterocycles. The first kappa shape index (κ1) is 18.6. The van der Waals surface area contributed by atoms with Crippen LogP contribution >= 0.6 is 11.3 Å². The first-order chi connectivity index (χ1) is 12.3. The molecule has 3 aromatic rings. The molecule has 0 fully saturated rings. The van der Waals surface area contributed by atoms with Crippen molar-refractivity contribution < 1.29 is 17.7 Å². The van der Waals surface area contributed by atoms with E-state index in [2.05, 4.69) is 9.88 Å². The smallest absolute Gasteiger partial charge is 0.242 e. The average molecular weight is 393 g/mol. The molecule has 1 aromatic carbocycles. The number of thiophene rings is 1. The van der Waals surface area contributed by atoms with Crippen LogP contribution in [0.25, 0.3) is 11.3 Å². The fraction of sp³-hybridized carbons (Fsp3) is 0.278. The lowest BCUT2D eigenvalue weighted by Crippen LogP contribution is -2.24. The normalized spacial score (nSPS) is 11.7. The van der Waals surface area contributed by atoms with Gasteiger partial charge in [0.25, 0.3) is 0 Å². The van der Waals surface area contributed by atoms with Gasteiger partial charge in [0.05, 0.1) is 18.4 Å². The van der Waals surface area contributed by atoms with Crippen LogP contribution in [0, 0.1) is 20.8 Å². The van der Waals surface area contributed by atoms with Gasteiger partial charge in [-0.05, 0) is 26.8 Å². The van der Waals surface area contributed by atoms with Crippen LogP contribution < -0.4 is 9.46 Å². The lowest BCUT2D eigenvalue weighted by molar-refractivity contribution is 0.409. The molecule has 8 heteroatoms. The molecule has 0 aliphatic heterocycles. The number of nitrogens with zero attached hydrogens (tertiary/aromatic N) is 1. The Morgan fingerprint density at radius 1 is 1.19 bits per heavy atom. The van der Waals surface area contributed by atoms with Gasteiger partial charge in [-0.1, -0.05) is 23.4 Å². The van der Waals surface area contributed by atoms with Crippen LogP contribution in [-0.2, 0) is 16.6 Å². The lowest BCUT2D eigenvalue weighted by Gasteiger charge is -2.11. The SMILES string of the molecule is COc1ccccc1CNS(=O)(=O)c1c(C)sc(C)c1-c1cc(C)no1. The zero-order valence-corrected chi connectivity index (χ0v) is 16.6. The minimum Gasteiger partial charge on any atom is -0.496 e. The highest BCUT2D eigenvalue weighted by Crippen LogP contribution is 2.39. The van der Waals surface area contributed by atoms with Gasteiger partial charge in [0.2, 0.25) is 10.0 Å². The summed E-state index contributed by atoms with van der Waals surface area (Å²) >= 11 is 1.42. The number of ether oxygens (including phenoxy) is 1. The van der Waals surface area contributed by atoms with Crippen LogP contribution in [0.1, 0.15) is 21.0 Å². The summed E-state index contributed by atoms with van der Waals surface area (Å²) in [6, 6.07) is 9.05. The summed E-state index contributed by atoms with van der Waals surface area (Å²) < 4.78 is 39.3. The largest absolute Gasteiger partial charge is 0.496 e. The third-order valence-corrected chi connectivity index (χ3v) is 6.72. The Morgan fingerprint density at radius 3 is 2.58 bits per heavy atom. The molecular formula is C18H20N2O4S2. The van der Waals surface area contributed by atoms with E-state index in [1.807, 2.05) is 25.1 Å². The van der Waals surface area contributed by atoms with Gasteiger partial charge < -0.3 is 9.26 Å². The van der Waals surface area contributed by atoms with Crippen molar-refractivity contribution in [3.8, 4) is 17.1 Å². The lowest BCUT2D eigenvalue weighted by atomic mass is 10.2. The number of aromatic nitrogens is 1. The molecule has 0 spiro atoms. The minimum absolute atomic E-state index is 0.134. The van der Waals surface area contributed by atoms with Crippen LogP contribution in [0.3, 0.4) is 0 Å². The molecular weight excluding hydrogens is 372 g/mol. The third kappa shape index (κ3) is 3.53. The molecule has 2 heterocycles. The Labute approximate surface area is 156 Å². The monoisotopic (exact) mass is 392 g/mol. The number of para-hydroxylation sites is 1. The zero-order chi connectivity index (χ0) is 18.9. The molecule has 0 bridgehead atoms. The number of hydrogen-bond donors (Lipinski definition) is 1. The first-order valence-electron chi connectivity index (χ1n) is 7.98. The Bertz CT molecular complexity index is 1040. The third-order valence-electron chi connectivity index (χ3n) is 3.99. The number of hydrogen-bond acceptors (Lipinski definition) is 6. The molecule has 0 radical (unpaired) electrons. The molecule has 2 aromatic heterocycles. The van der Waals surface area contributed by atoms with Gasteiger partial charge in [0.1, 0.15) is 10.6 Å². The summed E-state index contributed by atoms with van der Waals surface area (Å²) in [6.07, 6.45) is 0. The van der Waals surface area contributed by atoms with Crippen LogP contribution in [-0.4, -0.2) is 20.7 Å². The van der Waals surface area contributed by atoms with E-state index >= 15 is 0 Å². The molecule has 0 aliphatic rings. The Morgan fingerprint density at radius 2 is 1.92 bits per heavy atom. The van der Waals surface area contributed by atoms with Crippen molar-refractivity contribution in [3.05, 3.63) is 51.3 Å². The van der Waals surface area contributed by atoms with Crippen molar-refractivity contribution in [1.29, 1.82) is 0 Å². The summed E-state index contributed by atoms with van der Waals surface area (Å²) in [5, 5.41) is 3.88. The number of sulfonamides is 1. The topological polar surface area (TPSA) is 81.4 Å². The predicted octanol–water partition coefficient (Wildman–Crippen LogP) is 3.82. The fourth-order valence-electron chi connectivity index (χ4n) is 2.85. The molecule has 3 rings (SSSR count). The number of rotatable bonds is 6. The maximum Gasteiger partial charge on any atom is 0.242 e. The number of aryl methyl sites for hydroxylation is 3. The molecule has 0 unspecified atom stereocenters. The van der Waals surface area contributed by atoms with E-state index in [-0.39, 0.29) is 11.4 Å². The predicted molar refractivity (Wildman–Crippen MR) is 101 cm³/mol.